The summed E-state index contributed by atoms with van der Waals surface area (Å²) in [5.74, 6) is -1.25. The predicted octanol–water partition coefficient (Wildman–Crippen LogP) is 6.06. The van der Waals surface area contributed by atoms with E-state index < -0.39 is 5.97 Å². The molecular formula is C26H32O4. The van der Waals surface area contributed by atoms with Gasteiger partial charge < -0.3 is 14.6 Å². The Morgan fingerprint density at radius 3 is 2.47 bits per heavy atom. The highest BCUT2D eigenvalue weighted by Gasteiger charge is 2.38. The summed E-state index contributed by atoms with van der Waals surface area (Å²) in [4.78, 5) is 11.5. The molecule has 0 bridgehead atoms. The second-order valence-electron chi connectivity index (χ2n) is 9.49. The van der Waals surface area contributed by atoms with E-state index in [9.17, 15) is 9.90 Å². The molecule has 0 atom stereocenters. The highest BCUT2D eigenvalue weighted by Crippen LogP contribution is 2.49. The Balaban J connectivity index is 2.15. The number of carboxylic acids is 1. The number of carbonyl (C=O) groups is 1. The van der Waals surface area contributed by atoms with Crippen molar-refractivity contribution in [2.24, 2.45) is 0 Å². The lowest BCUT2D eigenvalue weighted by Crippen LogP contribution is -2.34. The van der Waals surface area contributed by atoms with Gasteiger partial charge in [-0.25, -0.2) is 4.79 Å². The number of rotatable bonds is 6. The van der Waals surface area contributed by atoms with Gasteiger partial charge in [-0.15, -0.1) is 0 Å². The van der Waals surface area contributed by atoms with Crippen molar-refractivity contribution in [2.45, 2.75) is 58.3 Å². The molecule has 0 fully saturated rings. The predicted molar refractivity (Wildman–Crippen MR) is 120 cm³/mol. The van der Waals surface area contributed by atoms with Crippen LogP contribution in [0.5, 0.6) is 0 Å². The summed E-state index contributed by atoms with van der Waals surface area (Å²) >= 11 is 0. The number of methoxy groups -OCH3 is 1. The highest BCUT2D eigenvalue weighted by atomic mass is 16.7. The Labute approximate surface area is 179 Å². The highest BCUT2D eigenvalue weighted by molar-refractivity contribution is 5.90. The summed E-state index contributed by atoms with van der Waals surface area (Å²) in [6.07, 6.45) is 3.84. The largest absolute Gasteiger partial charge is 0.475 e. The van der Waals surface area contributed by atoms with Gasteiger partial charge in [0.1, 0.15) is 0 Å². The van der Waals surface area contributed by atoms with E-state index in [0.29, 0.717) is 0 Å². The first-order valence-corrected chi connectivity index (χ1v) is 10.4. The lowest BCUT2D eigenvalue weighted by Gasteiger charge is -2.43. The molecule has 0 saturated heterocycles. The molecule has 0 aromatic heterocycles. The number of aliphatic carboxylic acids is 1. The molecule has 0 unspecified atom stereocenters. The van der Waals surface area contributed by atoms with E-state index in [4.69, 9.17) is 9.47 Å². The van der Waals surface area contributed by atoms with Gasteiger partial charge in [0.2, 0.25) is 5.76 Å². The molecule has 0 spiro atoms. The zero-order chi connectivity index (χ0) is 22.1. The normalized spacial score (nSPS) is 17.3. The van der Waals surface area contributed by atoms with E-state index in [1.807, 2.05) is 18.2 Å². The Hall–Kier alpha value is -2.59. The molecule has 0 aliphatic heterocycles. The summed E-state index contributed by atoms with van der Waals surface area (Å²) < 4.78 is 10.1. The van der Waals surface area contributed by atoms with Crippen molar-refractivity contribution in [3.8, 4) is 11.1 Å². The molecule has 1 aliphatic rings. The topological polar surface area (TPSA) is 55.8 Å². The monoisotopic (exact) mass is 408 g/mol. The molecule has 4 nitrogen and oxygen atoms in total. The summed E-state index contributed by atoms with van der Waals surface area (Å²) in [7, 11) is 1.46. The van der Waals surface area contributed by atoms with Crippen molar-refractivity contribution >= 4 is 12.0 Å². The van der Waals surface area contributed by atoms with Gasteiger partial charge in [0, 0.05) is 7.11 Å². The number of fused-ring (bicyclic) bond motifs is 1. The first kappa shape index (κ1) is 22.1. The Bertz CT molecular complexity index is 983. The van der Waals surface area contributed by atoms with Crippen LogP contribution < -0.4 is 0 Å². The van der Waals surface area contributed by atoms with Crippen LogP contribution in [0.1, 0.15) is 62.8 Å². The molecule has 0 heterocycles. The number of benzene rings is 2. The van der Waals surface area contributed by atoms with Crippen LogP contribution in [-0.4, -0.2) is 25.0 Å². The first-order valence-electron chi connectivity index (χ1n) is 10.4. The lowest BCUT2D eigenvalue weighted by molar-refractivity contribution is -0.138. The molecule has 4 heteroatoms. The van der Waals surface area contributed by atoms with Crippen LogP contribution >= 0.6 is 0 Å². The minimum absolute atomic E-state index is 0.0769. The molecule has 0 amide bonds. The number of hydrogen-bond donors (Lipinski definition) is 1. The van der Waals surface area contributed by atoms with Gasteiger partial charge in [-0.1, -0.05) is 63.6 Å². The average Bonchev–Trinajstić information content (AvgIpc) is 2.68. The van der Waals surface area contributed by atoms with E-state index >= 15 is 0 Å². The van der Waals surface area contributed by atoms with Gasteiger partial charge in [-0.05, 0) is 70.6 Å². The number of hydrogen-bond acceptors (Lipinski definition) is 3. The van der Waals surface area contributed by atoms with Crippen LogP contribution in [0.15, 0.2) is 42.2 Å². The molecular weight excluding hydrogens is 376 g/mol. The van der Waals surface area contributed by atoms with Gasteiger partial charge in [0.15, 0.2) is 6.79 Å². The van der Waals surface area contributed by atoms with Gasteiger partial charge in [-0.2, -0.15) is 0 Å². The summed E-state index contributed by atoms with van der Waals surface area (Å²) in [5, 5.41) is 9.42. The Morgan fingerprint density at radius 1 is 1.10 bits per heavy atom. The zero-order valence-electron chi connectivity index (χ0n) is 18.8. The van der Waals surface area contributed by atoms with Crippen molar-refractivity contribution < 1.29 is 19.4 Å². The van der Waals surface area contributed by atoms with E-state index in [1.54, 1.807) is 6.08 Å². The molecule has 1 N–H and O–H groups in total. The first-order chi connectivity index (χ1) is 14.0. The third-order valence-electron chi connectivity index (χ3n) is 6.10. The minimum Gasteiger partial charge on any atom is -0.475 e. The maximum Gasteiger partial charge on any atom is 0.371 e. The fourth-order valence-corrected chi connectivity index (χ4v) is 4.40. The van der Waals surface area contributed by atoms with Gasteiger partial charge in [0.25, 0.3) is 0 Å². The average molecular weight is 409 g/mol. The molecule has 30 heavy (non-hydrogen) atoms. The molecule has 2 aromatic rings. The van der Waals surface area contributed by atoms with Crippen molar-refractivity contribution in [3.05, 3.63) is 64.4 Å². The standard InChI is InChI=1S/C26H32O4/c1-17-12-20(23-21(13-17)25(2,3)10-11-26(23,4)5)19-9-7-8-18(14-19)15-22(24(27)28)30-16-29-6/h7-9,12-15H,10-11,16H2,1-6H3,(H,27,28). The smallest absolute Gasteiger partial charge is 0.371 e. The Morgan fingerprint density at radius 2 is 1.80 bits per heavy atom. The molecule has 0 saturated carbocycles. The van der Waals surface area contributed by atoms with Gasteiger partial charge in [-0.3, -0.25) is 0 Å². The third-order valence-corrected chi connectivity index (χ3v) is 6.10. The molecule has 3 rings (SSSR count). The van der Waals surface area contributed by atoms with E-state index in [0.717, 1.165) is 24.0 Å². The van der Waals surface area contributed by atoms with Gasteiger partial charge >= 0.3 is 5.97 Å². The number of ether oxygens (including phenoxy) is 2. The van der Waals surface area contributed by atoms with Crippen molar-refractivity contribution in [3.63, 3.8) is 0 Å². The molecule has 2 aromatic carbocycles. The Kier molecular flexibility index (Phi) is 6.09. The third kappa shape index (κ3) is 4.44. The SMILES string of the molecule is COCOC(=Cc1cccc(-c2cc(C)cc3c2C(C)(C)CCC3(C)C)c1)C(=O)O. The zero-order valence-corrected chi connectivity index (χ0v) is 18.8. The maximum absolute atomic E-state index is 11.5. The lowest BCUT2D eigenvalue weighted by atomic mass is 9.61. The fourth-order valence-electron chi connectivity index (χ4n) is 4.40. The van der Waals surface area contributed by atoms with Crippen molar-refractivity contribution in [1.82, 2.24) is 0 Å². The van der Waals surface area contributed by atoms with Crippen LogP contribution in [0.25, 0.3) is 17.2 Å². The van der Waals surface area contributed by atoms with Crippen molar-refractivity contribution in [1.29, 1.82) is 0 Å². The minimum atomic E-state index is -1.12. The summed E-state index contributed by atoms with van der Waals surface area (Å²) in [5.41, 5.74) is 7.37. The summed E-state index contributed by atoms with van der Waals surface area (Å²) in [6.45, 7) is 11.3. The number of carboxylic acid groups (broad SMARTS) is 1. The van der Waals surface area contributed by atoms with Crippen LogP contribution in [-0.2, 0) is 25.1 Å². The quantitative estimate of drug-likeness (QED) is 0.359. The second kappa shape index (κ2) is 8.27. The molecule has 0 radical (unpaired) electrons. The van der Waals surface area contributed by atoms with Crippen molar-refractivity contribution in [2.75, 3.05) is 13.9 Å². The molecule has 160 valence electrons. The van der Waals surface area contributed by atoms with Crippen LogP contribution in [0.4, 0.5) is 0 Å². The van der Waals surface area contributed by atoms with E-state index in [1.165, 1.54) is 29.4 Å². The summed E-state index contributed by atoms with van der Waals surface area (Å²) in [6, 6.07) is 12.6. The van der Waals surface area contributed by atoms with E-state index in [2.05, 4.69) is 52.8 Å². The second-order valence-corrected chi connectivity index (χ2v) is 9.49. The van der Waals surface area contributed by atoms with Crippen LogP contribution in [0.2, 0.25) is 0 Å². The molecule has 1 aliphatic carbocycles. The maximum atomic E-state index is 11.5. The number of aryl methyl sites for hydroxylation is 1. The fraction of sp³-hybridized carbons (Fsp3) is 0.423. The van der Waals surface area contributed by atoms with Crippen LogP contribution in [0, 0.1) is 6.92 Å². The van der Waals surface area contributed by atoms with Crippen LogP contribution in [0.3, 0.4) is 0 Å². The van der Waals surface area contributed by atoms with E-state index in [-0.39, 0.29) is 23.4 Å². The van der Waals surface area contributed by atoms with Gasteiger partial charge in [0.05, 0.1) is 0 Å².